The minimum atomic E-state index is -1.20. The fraction of sp³-hybridized carbons (Fsp3) is 0.258. The molecule has 2 amide bonds. The number of rotatable bonds is 13. The number of allylic oxidation sites excluding steroid dienone is 1. The van der Waals surface area contributed by atoms with Crippen LogP contribution in [-0.4, -0.2) is 49.9 Å². The van der Waals surface area contributed by atoms with Gasteiger partial charge >= 0.3 is 12.0 Å². The van der Waals surface area contributed by atoms with Crippen LogP contribution in [0.25, 0.3) is 0 Å². The molecule has 4 rings (SSSR count). The van der Waals surface area contributed by atoms with Crippen LogP contribution < -0.4 is 30.3 Å². The number of methoxy groups -OCH3 is 1. The Morgan fingerprint density at radius 2 is 1.87 bits per heavy atom. The molecule has 238 valence electrons. The number of ether oxygens (including phenoxy) is 4. The van der Waals surface area contributed by atoms with Gasteiger partial charge < -0.3 is 34.7 Å². The van der Waals surface area contributed by atoms with Crippen molar-refractivity contribution < 1.29 is 38.0 Å². The first-order valence-corrected chi connectivity index (χ1v) is 15.3. The summed E-state index contributed by atoms with van der Waals surface area (Å²) < 4.78 is 37.1. The standard InChI is InChI=1S/C31H31Br2FN4O7/c1-4-43-25-12-19(28-27(30(40)42-3)17(2)36-31(41)37-28)7-10-24(25)44-16-26(39)38-35-14-20-11-21(32)13-23(33)29(20)45-15-18-5-8-22(34)9-6-18/h5-14,26,28,38-39H,4,15-16H2,1-3H3,(H2,36,37,41)/b35-14+/t26-,28-/m1/s1. The highest BCUT2D eigenvalue weighted by molar-refractivity contribution is 9.11. The van der Waals surface area contributed by atoms with Crippen LogP contribution >= 0.6 is 31.9 Å². The summed E-state index contributed by atoms with van der Waals surface area (Å²) in [5.41, 5.74) is 5.22. The molecular weight excluding hydrogens is 719 g/mol. The number of esters is 1. The van der Waals surface area contributed by atoms with Crippen LogP contribution in [0.1, 0.15) is 36.6 Å². The molecule has 1 aliphatic heterocycles. The topological polar surface area (TPSA) is 140 Å². The zero-order chi connectivity index (χ0) is 32.5. The lowest BCUT2D eigenvalue weighted by molar-refractivity contribution is -0.136. The maximum absolute atomic E-state index is 13.2. The summed E-state index contributed by atoms with van der Waals surface area (Å²) in [5.74, 6) is 0.274. The molecule has 0 aliphatic carbocycles. The molecule has 0 aromatic heterocycles. The average Bonchev–Trinajstić information content (AvgIpc) is 3.00. The second-order valence-electron chi connectivity index (χ2n) is 9.64. The van der Waals surface area contributed by atoms with Gasteiger partial charge in [-0.05, 0) is 77.3 Å². The number of halogens is 3. The number of carbonyl (C=O) groups excluding carboxylic acids is 2. The molecule has 1 aliphatic rings. The zero-order valence-electron chi connectivity index (χ0n) is 24.5. The van der Waals surface area contributed by atoms with Crippen LogP contribution in [0.4, 0.5) is 9.18 Å². The van der Waals surface area contributed by atoms with E-state index in [1.54, 1.807) is 50.2 Å². The summed E-state index contributed by atoms with van der Waals surface area (Å²) in [7, 11) is 1.27. The predicted octanol–water partition coefficient (Wildman–Crippen LogP) is 5.45. The van der Waals surface area contributed by atoms with Gasteiger partial charge in [0.15, 0.2) is 17.7 Å². The Balaban J connectivity index is 1.42. The lowest BCUT2D eigenvalue weighted by atomic mass is 9.95. The Morgan fingerprint density at radius 1 is 1.11 bits per heavy atom. The van der Waals surface area contributed by atoms with Gasteiger partial charge in [0, 0.05) is 15.7 Å². The first-order valence-electron chi connectivity index (χ1n) is 13.7. The Morgan fingerprint density at radius 3 is 2.58 bits per heavy atom. The number of carbonyl (C=O) groups is 2. The van der Waals surface area contributed by atoms with Crippen LogP contribution in [0.15, 0.2) is 79.9 Å². The number of aliphatic hydroxyl groups is 1. The zero-order valence-corrected chi connectivity index (χ0v) is 27.7. The number of amides is 2. The second kappa shape index (κ2) is 15.7. The van der Waals surface area contributed by atoms with Crippen LogP contribution in [0.3, 0.4) is 0 Å². The molecule has 0 spiro atoms. The Labute approximate surface area is 276 Å². The van der Waals surface area contributed by atoms with Gasteiger partial charge in [-0.15, -0.1) is 0 Å². The lowest BCUT2D eigenvalue weighted by Crippen LogP contribution is -2.45. The average molecular weight is 750 g/mol. The number of urea groups is 1. The number of nitrogens with one attached hydrogen (secondary N) is 3. The van der Waals surface area contributed by atoms with Gasteiger partial charge in [0.25, 0.3) is 0 Å². The van der Waals surface area contributed by atoms with Crippen molar-refractivity contribution in [1.82, 2.24) is 16.1 Å². The maximum Gasteiger partial charge on any atom is 0.337 e. The van der Waals surface area contributed by atoms with E-state index in [1.165, 1.54) is 25.5 Å². The maximum atomic E-state index is 13.2. The number of aliphatic hydroxyl groups excluding tert-OH is 1. The molecule has 1 heterocycles. The van der Waals surface area contributed by atoms with E-state index in [4.69, 9.17) is 18.9 Å². The molecule has 11 nitrogen and oxygen atoms in total. The minimum absolute atomic E-state index is 0.191. The first kappa shape index (κ1) is 33.7. The molecule has 0 bridgehead atoms. The molecule has 45 heavy (non-hydrogen) atoms. The van der Waals surface area contributed by atoms with Gasteiger partial charge in [0.2, 0.25) is 0 Å². The predicted molar refractivity (Wildman–Crippen MR) is 172 cm³/mol. The Hall–Kier alpha value is -4.14. The van der Waals surface area contributed by atoms with E-state index in [-0.39, 0.29) is 24.6 Å². The number of hydrogen-bond donors (Lipinski definition) is 4. The van der Waals surface area contributed by atoms with E-state index in [0.717, 1.165) is 10.0 Å². The van der Waals surface area contributed by atoms with Gasteiger partial charge in [-0.25, -0.2) is 14.0 Å². The van der Waals surface area contributed by atoms with E-state index in [9.17, 15) is 19.1 Å². The smallest absolute Gasteiger partial charge is 0.337 e. The van der Waals surface area contributed by atoms with Crippen molar-refractivity contribution >= 4 is 50.1 Å². The molecular formula is C31H31Br2FN4O7. The van der Waals surface area contributed by atoms with E-state index in [1.807, 2.05) is 6.07 Å². The van der Waals surface area contributed by atoms with E-state index < -0.39 is 24.3 Å². The van der Waals surface area contributed by atoms with Gasteiger partial charge in [-0.3, -0.25) is 5.43 Å². The third kappa shape index (κ3) is 8.96. The third-order valence-electron chi connectivity index (χ3n) is 6.43. The third-order valence-corrected chi connectivity index (χ3v) is 7.48. The fourth-order valence-electron chi connectivity index (χ4n) is 4.38. The summed E-state index contributed by atoms with van der Waals surface area (Å²) in [6.45, 7) is 3.75. The molecule has 0 unspecified atom stereocenters. The van der Waals surface area contributed by atoms with Crippen molar-refractivity contribution in [3.05, 3.63) is 97.3 Å². The van der Waals surface area contributed by atoms with Crippen LogP contribution in [0.2, 0.25) is 0 Å². The quantitative estimate of drug-likeness (QED) is 0.0784. The molecule has 4 N–H and O–H groups in total. The van der Waals surface area contributed by atoms with Crippen LogP contribution in [0.5, 0.6) is 17.2 Å². The molecule has 2 atom stereocenters. The second-order valence-corrected chi connectivity index (χ2v) is 11.4. The largest absolute Gasteiger partial charge is 0.490 e. The molecule has 3 aromatic carbocycles. The Kier molecular flexibility index (Phi) is 11.8. The number of hydrogen-bond acceptors (Lipinski definition) is 9. The van der Waals surface area contributed by atoms with Crippen molar-refractivity contribution in [1.29, 1.82) is 0 Å². The highest BCUT2D eigenvalue weighted by Crippen LogP contribution is 2.35. The SMILES string of the molecule is CCOc1cc([C@H]2NC(=O)NC(C)=C2C(=O)OC)ccc1OC[C@@H](O)N/N=C/c1cc(Br)cc(Br)c1OCc1ccc(F)cc1. The normalized spacial score (nSPS) is 15.3. The molecule has 3 aromatic rings. The van der Waals surface area contributed by atoms with Crippen molar-refractivity contribution in [2.24, 2.45) is 5.10 Å². The first-order chi connectivity index (χ1) is 21.6. The van der Waals surface area contributed by atoms with Crippen LogP contribution in [-0.2, 0) is 16.1 Å². The highest BCUT2D eigenvalue weighted by atomic mass is 79.9. The van der Waals surface area contributed by atoms with E-state index in [2.05, 4.69) is 53.0 Å². The van der Waals surface area contributed by atoms with E-state index >= 15 is 0 Å². The van der Waals surface area contributed by atoms with Crippen molar-refractivity contribution in [3.8, 4) is 17.2 Å². The molecule has 0 fully saturated rings. The Bertz CT molecular complexity index is 1600. The molecule has 0 radical (unpaired) electrons. The van der Waals surface area contributed by atoms with Gasteiger partial charge in [0.1, 0.15) is 24.8 Å². The molecule has 14 heteroatoms. The summed E-state index contributed by atoms with van der Waals surface area (Å²) in [6.07, 6.45) is 0.288. The van der Waals surface area contributed by atoms with Crippen LogP contribution in [0, 0.1) is 5.82 Å². The van der Waals surface area contributed by atoms with Crippen molar-refractivity contribution in [2.75, 3.05) is 20.3 Å². The summed E-state index contributed by atoms with van der Waals surface area (Å²) >= 11 is 6.95. The number of hydrazone groups is 1. The monoisotopic (exact) mass is 748 g/mol. The lowest BCUT2D eigenvalue weighted by Gasteiger charge is -2.28. The van der Waals surface area contributed by atoms with Crippen molar-refractivity contribution in [2.45, 2.75) is 32.7 Å². The molecule has 0 saturated carbocycles. The van der Waals surface area contributed by atoms with Gasteiger partial charge in [-0.1, -0.05) is 34.1 Å². The van der Waals surface area contributed by atoms with Gasteiger partial charge in [0.05, 0.1) is 36.0 Å². The number of benzene rings is 3. The highest BCUT2D eigenvalue weighted by Gasteiger charge is 2.32. The van der Waals surface area contributed by atoms with Gasteiger partial charge in [-0.2, -0.15) is 5.10 Å². The summed E-state index contributed by atoms with van der Waals surface area (Å²) in [6, 6.07) is 13.4. The van der Waals surface area contributed by atoms with Crippen molar-refractivity contribution in [3.63, 3.8) is 0 Å². The molecule has 0 saturated heterocycles. The van der Waals surface area contributed by atoms with E-state index in [0.29, 0.717) is 45.2 Å². The summed E-state index contributed by atoms with van der Waals surface area (Å²) in [5, 5.41) is 20.0. The fourth-order valence-corrected chi connectivity index (χ4v) is 5.75. The number of nitrogens with zero attached hydrogens (tertiary/aromatic N) is 1. The summed E-state index contributed by atoms with van der Waals surface area (Å²) in [4.78, 5) is 24.6. The minimum Gasteiger partial charge on any atom is -0.490 e.